The first kappa shape index (κ1) is 24.2. The summed E-state index contributed by atoms with van der Waals surface area (Å²) < 4.78 is 53.3. The molecule has 3 aromatic rings. The van der Waals surface area contributed by atoms with Crippen LogP contribution >= 0.6 is 11.8 Å². The van der Waals surface area contributed by atoms with Gasteiger partial charge in [-0.2, -0.15) is 13.2 Å². The van der Waals surface area contributed by atoms with E-state index in [0.29, 0.717) is 18.7 Å². The Morgan fingerprint density at radius 1 is 0.941 bits per heavy atom. The van der Waals surface area contributed by atoms with Crippen LogP contribution in [0.25, 0.3) is 11.3 Å². The maximum Gasteiger partial charge on any atom is 0.433 e. The zero-order valence-electron chi connectivity index (χ0n) is 18.1. The Labute approximate surface area is 198 Å². The van der Waals surface area contributed by atoms with Crippen molar-refractivity contribution < 1.29 is 22.4 Å². The van der Waals surface area contributed by atoms with Crippen molar-refractivity contribution in [2.45, 2.75) is 17.9 Å². The van der Waals surface area contributed by atoms with Gasteiger partial charge >= 0.3 is 6.18 Å². The lowest BCUT2D eigenvalue weighted by Gasteiger charge is -2.34. The van der Waals surface area contributed by atoms with Crippen LogP contribution in [0.2, 0.25) is 0 Å². The monoisotopic (exact) mass is 490 g/mol. The minimum atomic E-state index is -4.67. The number of nitrogens with zero attached hydrogens (tertiary/aromatic N) is 4. The zero-order valence-corrected chi connectivity index (χ0v) is 18.9. The molecule has 5 nitrogen and oxygen atoms in total. The SMILES string of the molecule is O=C(CSc1nc(-c2ccc(F)cc2)cc(C(F)(F)F)n1)N1CCN(Cc2ccccc2)CC1. The van der Waals surface area contributed by atoms with Crippen molar-refractivity contribution in [1.82, 2.24) is 19.8 Å². The van der Waals surface area contributed by atoms with Gasteiger partial charge in [0.15, 0.2) is 5.16 Å². The molecule has 1 aliphatic rings. The van der Waals surface area contributed by atoms with Crippen LogP contribution in [0.4, 0.5) is 17.6 Å². The summed E-state index contributed by atoms with van der Waals surface area (Å²) in [5.41, 5.74) is 0.451. The topological polar surface area (TPSA) is 49.3 Å². The van der Waals surface area contributed by atoms with Crippen molar-refractivity contribution in [3.63, 3.8) is 0 Å². The second-order valence-corrected chi connectivity index (χ2v) is 8.80. The molecule has 10 heteroatoms. The fourth-order valence-corrected chi connectivity index (χ4v) is 4.38. The zero-order chi connectivity index (χ0) is 24.1. The lowest BCUT2D eigenvalue weighted by Crippen LogP contribution is -2.48. The molecule has 1 aromatic heterocycles. The van der Waals surface area contributed by atoms with Gasteiger partial charge in [0.25, 0.3) is 0 Å². The standard InChI is InChI=1S/C24H22F4N4OS/c25-19-8-6-18(7-9-19)20-14-21(24(26,27)28)30-23(29-20)34-16-22(33)32-12-10-31(11-13-32)15-17-4-2-1-3-5-17/h1-9,14H,10-13,15-16H2. The van der Waals surface area contributed by atoms with Crippen LogP contribution in [0, 0.1) is 5.82 Å². The van der Waals surface area contributed by atoms with Gasteiger partial charge in [0.2, 0.25) is 5.91 Å². The molecule has 2 heterocycles. The van der Waals surface area contributed by atoms with Crippen LogP contribution < -0.4 is 0 Å². The molecule has 0 unspecified atom stereocenters. The number of benzene rings is 2. The van der Waals surface area contributed by atoms with Crippen LogP contribution in [0.3, 0.4) is 0 Å². The third-order valence-corrected chi connectivity index (χ3v) is 6.27. The molecule has 1 aliphatic heterocycles. The lowest BCUT2D eigenvalue weighted by atomic mass is 10.1. The number of hydrogen-bond donors (Lipinski definition) is 0. The number of amides is 1. The minimum absolute atomic E-state index is 0.0202. The smallest absolute Gasteiger partial charge is 0.339 e. The number of piperazine rings is 1. The number of alkyl halides is 3. The van der Waals surface area contributed by atoms with Gasteiger partial charge in [0.1, 0.15) is 11.5 Å². The fourth-order valence-electron chi connectivity index (χ4n) is 3.62. The summed E-state index contributed by atoms with van der Waals surface area (Å²) in [6.45, 7) is 3.36. The van der Waals surface area contributed by atoms with Crippen LogP contribution in [0.5, 0.6) is 0 Å². The summed E-state index contributed by atoms with van der Waals surface area (Å²) in [5, 5.41) is -0.148. The molecule has 0 atom stereocenters. The van der Waals surface area contributed by atoms with Crippen molar-refractivity contribution in [3.05, 3.63) is 77.7 Å². The molecule has 2 aromatic carbocycles. The van der Waals surface area contributed by atoms with E-state index in [9.17, 15) is 22.4 Å². The van der Waals surface area contributed by atoms with Crippen molar-refractivity contribution in [3.8, 4) is 11.3 Å². The number of hydrogen-bond acceptors (Lipinski definition) is 5. The van der Waals surface area contributed by atoms with Crippen molar-refractivity contribution in [2.24, 2.45) is 0 Å². The van der Waals surface area contributed by atoms with Crippen LogP contribution in [0.15, 0.2) is 65.8 Å². The Morgan fingerprint density at radius 2 is 1.62 bits per heavy atom. The van der Waals surface area contributed by atoms with Gasteiger partial charge in [-0.3, -0.25) is 9.69 Å². The molecular formula is C24H22F4N4OS. The average Bonchev–Trinajstić information content (AvgIpc) is 2.83. The normalized spacial score (nSPS) is 14.9. The van der Waals surface area contributed by atoms with Crippen LogP contribution in [-0.4, -0.2) is 57.6 Å². The molecule has 1 amide bonds. The number of halogens is 4. The van der Waals surface area contributed by atoms with Gasteiger partial charge in [0.05, 0.1) is 11.4 Å². The molecule has 0 N–H and O–H groups in total. The van der Waals surface area contributed by atoms with Crippen LogP contribution in [-0.2, 0) is 17.5 Å². The quantitative estimate of drug-likeness (QED) is 0.284. The van der Waals surface area contributed by atoms with Gasteiger partial charge < -0.3 is 4.90 Å². The highest BCUT2D eigenvalue weighted by Gasteiger charge is 2.34. The molecule has 1 saturated heterocycles. The third-order valence-electron chi connectivity index (χ3n) is 5.43. The highest BCUT2D eigenvalue weighted by atomic mass is 32.2. The first-order chi connectivity index (χ1) is 16.3. The van der Waals surface area contributed by atoms with Gasteiger partial charge in [-0.25, -0.2) is 14.4 Å². The minimum Gasteiger partial charge on any atom is -0.339 e. The highest BCUT2D eigenvalue weighted by Crippen LogP contribution is 2.32. The highest BCUT2D eigenvalue weighted by molar-refractivity contribution is 7.99. The summed E-state index contributed by atoms with van der Waals surface area (Å²) in [6.07, 6.45) is -4.67. The fraction of sp³-hybridized carbons (Fsp3) is 0.292. The van der Waals surface area contributed by atoms with E-state index in [2.05, 4.69) is 27.0 Å². The van der Waals surface area contributed by atoms with Crippen molar-refractivity contribution in [1.29, 1.82) is 0 Å². The van der Waals surface area contributed by atoms with Crippen molar-refractivity contribution >= 4 is 17.7 Å². The molecule has 0 spiro atoms. The van der Waals surface area contributed by atoms with Gasteiger partial charge in [0, 0.05) is 38.3 Å². The van der Waals surface area contributed by atoms with E-state index in [4.69, 9.17) is 0 Å². The second kappa shape index (κ2) is 10.5. The van der Waals surface area contributed by atoms with E-state index in [1.54, 1.807) is 4.90 Å². The van der Waals surface area contributed by atoms with E-state index in [-0.39, 0.29) is 22.5 Å². The lowest BCUT2D eigenvalue weighted by molar-refractivity contribution is -0.141. The number of rotatable bonds is 6. The average molecular weight is 491 g/mol. The van der Waals surface area contributed by atoms with Gasteiger partial charge in [-0.05, 0) is 35.9 Å². The Kier molecular flexibility index (Phi) is 7.47. The molecule has 0 aliphatic carbocycles. The molecule has 0 saturated carbocycles. The largest absolute Gasteiger partial charge is 0.433 e. The van der Waals surface area contributed by atoms with Gasteiger partial charge in [-0.15, -0.1) is 0 Å². The first-order valence-corrected chi connectivity index (χ1v) is 11.7. The Bertz CT molecular complexity index is 1120. The second-order valence-electron chi connectivity index (χ2n) is 7.86. The summed E-state index contributed by atoms with van der Waals surface area (Å²) in [5.74, 6) is -0.741. The maximum absolute atomic E-state index is 13.4. The Hall–Kier alpha value is -2.98. The predicted molar refractivity (Wildman–Crippen MR) is 121 cm³/mol. The van der Waals surface area contributed by atoms with E-state index in [1.807, 2.05) is 18.2 Å². The third kappa shape index (κ3) is 6.32. The molecule has 1 fully saturated rings. The molecule has 4 rings (SSSR count). The molecule has 34 heavy (non-hydrogen) atoms. The molecule has 0 bridgehead atoms. The van der Waals surface area contributed by atoms with E-state index < -0.39 is 17.7 Å². The summed E-state index contributed by atoms with van der Waals surface area (Å²) in [7, 11) is 0. The number of aromatic nitrogens is 2. The summed E-state index contributed by atoms with van der Waals surface area (Å²) in [6, 6.07) is 15.9. The number of carbonyl (C=O) groups is 1. The summed E-state index contributed by atoms with van der Waals surface area (Å²) in [4.78, 5) is 24.4. The van der Waals surface area contributed by atoms with E-state index in [1.165, 1.54) is 17.7 Å². The molecule has 178 valence electrons. The molecule has 0 radical (unpaired) electrons. The molecular weight excluding hydrogens is 468 g/mol. The van der Waals surface area contributed by atoms with E-state index >= 15 is 0 Å². The first-order valence-electron chi connectivity index (χ1n) is 10.7. The Balaban J connectivity index is 1.38. The number of thioether (sulfide) groups is 1. The van der Waals surface area contributed by atoms with Gasteiger partial charge in [-0.1, -0.05) is 42.1 Å². The van der Waals surface area contributed by atoms with Crippen molar-refractivity contribution in [2.75, 3.05) is 31.9 Å². The van der Waals surface area contributed by atoms with E-state index in [0.717, 1.165) is 49.6 Å². The predicted octanol–water partition coefficient (Wildman–Crippen LogP) is 4.74. The summed E-state index contributed by atoms with van der Waals surface area (Å²) >= 11 is 0.867. The van der Waals surface area contributed by atoms with Crippen LogP contribution in [0.1, 0.15) is 11.3 Å². The Morgan fingerprint density at radius 3 is 2.26 bits per heavy atom. The number of carbonyl (C=O) groups excluding carboxylic acids is 1. The maximum atomic E-state index is 13.4.